The van der Waals surface area contributed by atoms with Crippen LogP contribution in [0.1, 0.15) is 55.5 Å². The number of ether oxygens (including phenoxy) is 6. The number of nitrogens with zero attached hydrogens (tertiary/aromatic N) is 5. The first kappa shape index (κ1) is 69.6. The number of halogens is 1. The summed E-state index contributed by atoms with van der Waals surface area (Å²) in [4.78, 5) is 145. The summed E-state index contributed by atoms with van der Waals surface area (Å²) in [7, 11) is 3.41. The summed E-state index contributed by atoms with van der Waals surface area (Å²) in [5, 5.41) is 22.1. The van der Waals surface area contributed by atoms with Crippen molar-refractivity contribution in [1.82, 2.24) is 51.1 Å². The Hall–Kier alpha value is -6.67. The molecule has 0 bridgehead atoms. The van der Waals surface area contributed by atoms with E-state index in [4.69, 9.17) is 28.4 Å². The number of amides is 7. The number of nitrogens with one attached hydrogen (secondary N) is 5. The number of esters is 3. The van der Waals surface area contributed by atoms with Gasteiger partial charge in [-0.1, -0.05) is 26.0 Å². The van der Waals surface area contributed by atoms with E-state index >= 15 is 4.39 Å². The quantitative estimate of drug-likeness (QED) is 0.0230. The molecule has 1 fully saturated rings. The molecule has 1 aromatic carbocycles. The van der Waals surface area contributed by atoms with Crippen LogP contribution in [0.15, 0.2) is 30.4 Å². The Morgan fingerprint density at radius 1 is 0.793 bits per heavy atom. The van der Waals surface area contributed by atoms with Crippen LogP contribution in [0.3, 0.4) is 0 Å². The molecule has 28 nitrogen and oxygen atoms in total. The fourth-order valence-corrected chi connectivity index (χ4v) is 8.07. The highest BCUT2D eigenvalue weighted by molar-refractivity contribution is 7.98. The number of thioether (sulfide) groups is 1. The summed E-state index contributed by atoms with van der Waals surface area (Å²) in [5.41, 5.74) is -0.429. The minimum Gasteiger partial charge on any atom is -0.480 e. The Morgan fingerprint density at radius 3 is 2.15 bits per heavy atom. The largest absolute Gasteiger partial charge is 0.480 e. The van der Waals surface area contributed by atoms with Crippen LogP contribution in [0.25, 0.3) is 0 Å². The number of benzene rings is 1. The van der Waals surface area contributed by atoms with Crippen molar-refractivity contribution in [2.45, 2.75) is 64.6 Å². The molecule has 2 aliphatic rings. The Morgan fingerprint density at radius 2 is 1.48 bits per heavy atom. The van der Waals surface area contributed by atoms with Gasteiger partial charge in [-0.25, -0.2) is 9.18 Å². The fraction of sp³-hybridized carbons (Fsp3) is 0.635. The van der Waals surface area contributed by atoms with Crippen LogP contribution in [-0.4, -0.2) is 264 Å². The molecule has 1 aromatic rings. The van der Waals surface area contributed by atoms with E-state index in [9.17, 15) is 57.8 Å². The van der Waals surface area contributed by atoms with Gasteiger partial charge in [-0.15, -0.1) is 0 Å². The first-order valence-corrected chi connectivity index (χ1v) is 28.2. The zero-order valence-electron chi connectivity index (χ0n) is 47.2. The van der Waals surface area contributed by atoms with Crippen molar-refractivity contribution in [2.24, 2.45) is 0 Å². The average Bonchev–Trinajstić information content (AvgIpc) is 3.82. The molecule has 30 heteroatoms. The second kappa shape index (κ2) is 38.9. The number of aliphatic carboxylic acids is 1. The molecule has 0 aliphatic carbocycles. The number of carboxylic acids is 1. The number of carboxylic acid groups (broad SMARTS) is 1. The lowest BCUT2D eigenvalue weighted by Crippen LogP contribution is -2.51. The van der Waals surface area contributed by atoms with Gasteiger partial charge in [0.2, 0.25) is 23.6 Å². The van der Waals surface area contributed by atoms with Gasteiger partial charge in [-0.3, -0.25) is 72.4 Å². The minimum atomic E-state index is -1.82. The fourth-order valence-electron chi connectivity index (χ4n) is 7.60. The SMILES string of the molecule is CCN(C)CC(=O)OC1OC(=O)CN(C)CCN(CCN(CC)CC(=O)NCCOCCOCCOCC(=O)NCc2cccc(C(=O)N[C@@H](CCSC)C(=O)NCC(=O)N[C@@H](CCCCN3C(=O)C=CC3=O)C(=O)O)c2F)CC(=O)O1. The van der Waals surface area contributed by atoms with Gasteiger partial charge in [-0.2, -0.15) is 11.8 Å². The molecule has 2 heterocycles. The Labute approximate surface area is 480 Å². The summed E-state index contributed by atoms with van der Waals surface area (Å²) < 4.78 is 47.4. The third-order valence-corrected chi connectivity index (χ3v) is 13.0. The van der Waals surface area contributed by atoms with Crippen molar-refractivity contribution < 1.29 is 90.7 Å². The van der Waals surface area contributed by atoms with Crippen molar-refractivity contribution in [1.29, 1.82) is 0 Å². The van der Waals surface area contributed by atoms with Crippen molar-refractivity contribution in [3.05, 3.63) is 47.3 Å². The third-order valence-electron chi connectivity index (χ3n) is 12.4. The molecular formula is C52H79FN10O18S. The van der Waals surface area contributed by atoms with Crippen LogP contribution in [0.4, 0.5) is 4.39 Å². The van der Waals surface area contributed by atoms with E-state index in [1.807, 2.05) is 23.6 Å². The number of likely N-dealkylation sites (N-methyl/N-ethyl adjacent to an activating group) is 3. The Balaban J connectivity index is 1.29. The van der Waals surface area contributed by atoms with E-state index in [2.05, 4.69) is 26.6 Å². The van der Waals surface area contributed by atoms with Gasteiger partial charge in [0, 0.05) is 63.5 Å². The Bertz CT molecular complexity index is 2320. The first-order valence-electron chi connectivity index (χ1n) is 26.8. The lowest BCUT2D eigenvalue weighted by atomic mass is 10.1. The number of cyclic esters (lactones) is 2. The molecule has 1 saturated heterocycles. The average molecular weight is 1180 g/mol. The number of hydrogen-bond acceptors (Lipinski definition) is 22. The van der Waals surface area contributed by atoms with Crippen molar-refractivity contribution in [3.63, 3.8) is 0 Å². The van der Waals surface area contributed by atoms with E-state index in [1.165, 1.54) is 30.0 Å². The second-order valence-electron chi connectivity index (χ2n) is 18.8. The molecule has 3 rings (SSSR count). The van der Waals surface area contributed by atoms with E-state index in [-0.39, 0.29) is 116 Å². The normalized spacial score (nSPS) is 16.0. The van der Waals surface area contributed by atoms with Crippen molar-refractivity contribution in [3.8, 4) is 0 Å². The summed E-state index contributed by atoms with van der Waals surface area (Å²) in [6.07, 6.45) is 4.71. The Kier molecular flexibility index (Phi) is 33.0. The van der Waals surface area contributed by atoms with Gasteiger partial charge < -0.3 is 60.1 Å². The van der Waals surface area contributed by atoms with Gasteiger partial charge in [0.15, 0.2) is 0 Å². The number of unbranched alkanes of at least 4 members (excludes halogenated alkanes) is 1. The topological polar surface area (TPSA) is 340 Å². The van der Waals surface area contributed by atoms with Crippen LogP contribution < -0.4 is 26.6 Å². The molecule has 1 unspecified atom stereocenters. The summed E-state index contributed by atoms with van der Waals surface area (Å²) in [5.74, 6) is -8.33. The standard InChI is InChI=1S/C52H79FN10O18S/c1-6-59(3)32-45(69)79-52-80-46(70)33-60(4)19-20-62(34-47(71)81-52)22-21-61(7-2)31-41(65)54-17-23-76-24-25-77-26-27-78-35-42(66)55-29-36-11-10-12-37(48(36)53)49(72)58-38(16-28-82-5)50(73)56-30-40(64)57-39(51(74)75)13-8-9-18-63-43(67)14-15-44(63)68/h10-12,14-15,38-39,52H,6-9,13,16-35H2,1-5H3,(H,54,65)(H,55,66)(H,56,73)(H,57,64)(H,58,72)(H,74,75)/t38-,39-,52?/m0/s1. The predicted octanol–water partition coefficient (Wildman–Crippen LogP) is -2.33. The lowest BCUT2D eigenvalue weighted by Gasteiger charge is -2.27. The number of rotatable bonds is 38. The zero-order valence-corrected chi connectivity index (χ0v) is 48.0. The van der Waals surface area contributed by atoms with Crippen molar-refractivity contribution >= 4 is 77.0 Å². The van der Waals surface area contributed by atoms with Gasteiger partial charge in [0.05, 0.1) is 71.3 Å². The maximum Gasteiger partial charge on any atom is 0.412 e. The molecule has 458 valence electrons. The summed E-state index contributed by atoms with van der Waals surface area (Å²) >= 11 is 1.37. The monoisotopic (exact) mass is 1180 g/mol. The van der Waals surface area contributed by atoms with Gasteiger partial charge in [-0.05, 0) is 70.9 Å². The van der Waals surface area contributed by atoms with Gasteiger partial charge >= 0.3 is 30.4 Å². The molecule has 7 amide bonds. The molecular weight excluding hydrogens is 1100 g/mol. The molecule has 3 atom stereocenters. The molecule has 82 heavy (non-hydrogen) atoms. The number of carbonyl (C=O) groups excluding carboxylic acids is 10. The van der Waals surface area contributed by atoms with Gasteiger partial charge in [0.25, 0.3) is 17.7 Å². The van der Waals surface area contributed by atoms with Crippen LogP contribution in [0, 0.1) is 5.82 Å². The predicted molar refractivity (Wildman–Crippen MR) is 292 cm³/mol. The number of imide groups is 1. The summed E-state index contributed by atoms with van der Waals surface area (Å²) in [6, 6.07) is 1.46. The number of hydrogen-bond donors (Lipinski definition) is 6. The highest BCUT2D eigenvalue weighted by Gasteiger charge is 2.29. The minimum absolute atomic E-state index is 0.0141. The highest BCUT2D eigenvalue weighted by Crippen LogP contribution is 2.15. The van der Waals surface area contributed by atoms with E-state index in [0.29, 0.717) is 51.4 Å². The van der Waals surface area contributed by atoms with Crippen LogP contribution in [0.2, 0.25) is 0 Å². The molecule has 0 spiro atoms. The van der Waals surface area contributed by atoms with E-state index in [1.54, 1.807) is 30.2 Å². The van der Waals surface area contributed by atoms with Gasteiger partial charge in [0.1, 0.15) is 24.5 Å². The molecule has 6 N–H and O–H groups in total. The first-order chi connectivity index (χ1) is 39.2. The van der Waals surface area contributed by atoms with Crippen LogP contribution >= 0.6 is 11.8 Å². The molecule has 2 aliphatic heterocycles. The van der Waals surface area contributed by atoms with Crippen molar-refractivity contribution in [2.75, 3.05) is 151 Å². The second-order valence-corrected chi connectivity index (χ2v) is 19.8. The molecule has 0 aromatic heterocycles. The zero-order chi connectivity index (χ0) is 60.4. The molecule has 0 saturated carbocycles. The smallest absolute Gasteiger partial charge is 0.412 e. The molecule has 0 radical (unpaired) electrons. The van der Waals surface area contributed by atoms with Crippen LogP contribution in [0.5, 0.6) is 0 Å². The highest BCUT2D eigenvalue weighted by atomic mass is 32.2. The maximum atomic E-state index is 15.6. The lowest BCUT2D eigenvalue weighted by molar-refractivity contribution is -0.258. The maximum absolute atomic E-state index is 15.6. The van der Waals surface area contributed by atoms with E-state index in [0.717, 1.165) is 17.1 Å². The summed E-state index contributed by atoms with van der Waals surface area (Å²) in [6.45, 7) is 4.19. The van der Waals surface area contributed by atoms with Crippen LogP contribution in [-0.2, 0) is 82.9 Å². The van der Waals surface area contributed by atoms with E-state index < -0.39 is 95.8 Å². The third kappa shape index (κ3) is 27.9. The number of carbonyl (C=O) groups is 11.